The molecule has 1 saturated heterocycles. The molecule has 0 radical (unpaired) electrons. The number of para-hydroxylation sites is 1. The molecule has 0 spiro atoms. The number of nitrogens with zero attached hydrogens (tertiary/aromatic N) is 1. The van der Waals surface area contributed by atoms with Crippen molar-refractivity contribution in [3.63, 3.8) is 0 Å². The number of anilines is 1. The van der Waals surface area contributed by atoms with Crippen LogP contribution in [0.5, 0.6) is 0 Å². The van der Waals surface area contributed by atoms with E-state index in [4.69, 9.17) is 0 Å². The summed E-state index contributed by atoms with van der Waals surface area (Å²) < 4.78 is 26.6. The van der Waals surface area contributed by atoms with Gasteiger partial charge in [0, 0.05) is 19.5 Å². The molecule has 3 N–H and O–H groups in total. The summed E-state index contributed by atoms with van der Waals surface area (Å²) in [6.07, 6.45) is -0.766. The van der Waals surface area contributed by atoms with E-state index in [2.05, 4.69) is 10.6 Å². The van der Waals surface area contributed by atoms with Crippen LogP contribution in [0.25, 0.3) is 0 Å². The summed E-state index contributed by atoms with van der Waals surface area (Å²) in [5.41, 5.74) is 0.694. The molecule has 0 saturated carbocycles. The number of amides is 3. The first kappa shape index (κ1) is 18.8. The van der Waals surface area contributed by atoms with Crippen LogP contribution in [-0.4, -0.2) is 40.6 Å². The van der Waals surface area contributed by atoms with E-state index in [-0.39, 0.29) is 31.0 Å². The number of nitrogens with one attached hydrogen (secondary N) is 2. The number of aliphatic hydroxyl groups is 1. The molecule has 2 atom stereocenters. The second-order valence-corrected chi connectivity index (χ2v) is 6.31. The molecular formula is C19H19F2N3O3. The second-order valence-electron chi connectivity index (χ2n) is 6.31. The summed E-state index contributed by atoms with van der Waals surface area (Å²) in [5, 5.41) is 15.0. The molecule has 0 aromatic heterocycles. The molecule has 3 amide bonds. The predicted molar refractivity (Wildman–Crippen MR) is 94.8 cm³/mol. The van der Waals surface area contributed by atoms with Gasteiger partial charge in [-0.3, -0.25) is 4.79 Å². The van der Waals surface area contributed by atoms with Crippen molar-refractivity contribution in [2.45, 2.75) is 25.1 Å². The lowest BCUT2D eigenvalue weighted by atomic mass is 10.1. The van der Waals surface area contributed by atoms with E-state index in [1.54, 1.807) is 18.2 Å². The van der Waals surface area contributed by atoms with Crippen LogP contribution in [0.15, 0.2) is 48.5 Å². The van der Waals surface area contributed by atoms with Crippen molar-refractivity contribution in [3.05, 3.63) is 65.7 Å². The van der Waals surface area contributed by atoms with E-state index in [1.165, 1.54) is 35.2 Å². The standard InChI is InChI=1S/C19H19F2N3O3/c20-13-7-5-12(6-8-13)10-22-18(26)17-9-14(25)11-24(17)19(27)23-16-4-2-1-3-15(16)21/h1-8,14,17,25H,9-11H2,(H,22,26)(H,23,27)/t14-,17+/m0/s1. The highest BCUT2D eigenvalue weighted by Crippen LogP contribution is 2.21. The molecule has 142 valence electrons. The maximum absolute atomic E-state index is 13.7. The van der Waals surface area contributed by atoms with Crippen LogP contribution >= 0.6 is 0 Å². The van der Waals surface area contributed by atoms with Crippen LogP contribution in [-0.2, 0) is 11.3 Å². The Balaban J connectivity index is 1.64. The third-order valence-electron chi connectivity index (χ3n) is 4.34. The van der Waals surface area contributed by atoms with Crippen LogP contribution in [0.1, 0.15) is 12.0 Å². The van der Waals surface area contributed by atoms with Gasteiger partial charge in [-0.2, -0.15) is 0 Å². The monoisotopic (exact) mass is 375 g/mol. The minimum atomic E-state index is -0.882. The average molecular weight is 375 g/mol. The molecule has 1 aliphatic rings. The van der Waals surface area contributed by atoms with Gasteiger partial charge in [-0.25, -0.2) is 13.6 Å². The minimum absolute atomic E-state index is 0.00522. The molecule has 2 aromatic rings. The molecule has 1 fully saturated rings. The Bertz CT molecular complexity index is 829. The summed E-state index contributed by atoms with van der Waals surface area (Å²) in [6.45, 7) is 0.128. The molecule has 0 aliphatic carbocycles. The van der Waals surface area contributed by atoms with Crippen LogP contribution in [0.3, 0.4) is 0 Å². The van der Waals surface area contributed by atoms with E-state index < -0.39 is 29.9 Å². The van der Waals surface area contributed by atoms with Crippen molar-refractivity contribution in [1.82, 2.24) is 10.2 Å². The van der Waals surface area contributed by atoms with Gasteiger partial charge >= 0.3 is 6.03 Å². The lowest BCUT2D eigenvalue weighted by molar-refractivity contribution is -0.124. The number of carbonyl (C=O) groups excluding carboxylic acids is 2. The maximum atomic E-state index is 13.7. The Morgan fingerprint density at radius 1 is 1.11 bits per heavy atom. The van der Waals surface area contributed by atoms with Gasteiger partial charge in [0.2, 0.25) is 5.91 Å². The van der Waals surface area contributed by atoms with Crippen molar-refractivity contribution >= 4 is 17.6 Å². The molecule has 1 heterocycles. The van der Waals surface area contributed by atoms with Gasteiger partial charge in [-0.05, 0) is 29.8 Å². The maximum Gasteiger partial charge on any atom is 0.322 e. The van der Waals surface area contributed by atoms with E-state index in [0.29, 0.717) is 5.56 Å². The van der Waals surface area contributed by atoms with E-state index in [0.717, 1.165) is 0 Å². The van der Waals surface area contributed by atoms with Crippen molar-refractivity contribution in [3.8, 4) is 0 Å². The number of β-amino-alcohol motifs (C(OH)–C–C–N with tert-alkyl or cyclic N) is 1. The van der Waals surface area contributed by atoms with Crippen molar-refractivity contribution in [1.29, 1.82) is 0 Å². The van der Waals surface area contributed by atoms with Gasteiger partial charge in [-0.15, -0.1) is 0 Å². The predicted octanol–water partition coefficient (Wildman–Crippen LogP) is 2.25. The van der Waals surface area contributed by atoms with Crippen LogP contribution in [0, 0.1) is 11.6 Å². The highest BCUT2D eigenvalue weighted by atomic mass is 19.1. The molecule has 2 aromatic carbocycles. The zero-order valence-corrected chi connectivity index (χ0v) is 14.4. The molecule has 8 heteroatoms. The van der Waals surface area contributed by atoms with Gasteiger partial charge in [0.15, 0.2) is 0 Å². The summed E-state index contributed by atoms with van der Waals surface area (Å²) in [7, 11) is 0. The molecular weight excluding hydrogens is 356 g/mol. The fraction of sp³-hybridized carbons (Fsp3) is 0.263. The molecule has 27 heavy (non-hydrogen) atoms. The number of hydrogen-bond acceptors (Lipinski definition) is 3. The molecule has 0 bridgehead atoms. The quantitative estimate of drug-likeness (QED) is 0.767. The number of urea groups is 1. The zero-order valence-electron chi connectivity index (χ0n) is 14.4. The SMILES string of the molecule is O=C(NCc1ccc(F)cc1)[C@H]1C[C@H](O)CN1C(=O)Nc1ccccc1F. The van der Waals surface area contributed by atoms with E-state index >= 15 is 0 Å². The number of hydrogen-bond donors (Lipinski definition) is 3. The fourth-order valence-corrected chi connectivity index (χ4v) is 2.95. The molecule has 1 aliphatic heterocycles. The Morgan fingerprint density at radius 3 is 2.52 bits per heavy atom. The van der Waals surface area contributed by atoms with E-state index in [1.807, 2.05) is 0 Å². The van der Waals surface area contributed by atoms with E-state index in [9.17, 15) is 23.5 Å². The zero-order chi connectivity index (χ0) is 19.4. The molecule has 0 unspecified atom stereocenters. The lowest BCUT2D eigenvalue weighted by Crippen LogP contribution is -2.47. The van der Waals surface area contributed by atoms with Gasteiger partial charge in [0.25, 0.3) is 0 Å². The molecule has 3 rings (SSSR count). The third kappa shape index (κ3) is 4.59. The van der Waals surface area contributed by atoms with Gasteiger partial charge < -0.3 is 20.6 Å². The summed E-state index contributed by atoms with van der Waals surface area (Å²) >= 11 is 0. The fourth-order valence-electron chi connectivity index (χ4n) is 2.95. The summed E-state index contributed by atoms with van der Waals surface area (Å²) in [5.74, 6) is -1.41. The first-order chi connectivity index (χ1) is 12.9. The van der Waals surface area contributed by atoms with Gasteiger partial charge in [-0.1, -0.05) is 24.3 Å². The van der Waals surface area contributed by atoms with Crippen LogP contribution < -0.4 is 10.6 Å². The normalized spacial score (nSPS) is 19.0. The number of aliphatic hydroxyl groups excluding tert-OH is 1. The Labute approximate surface area is 154 Å². The largest absolute Gasteiger partial charge is 0.391 e. The minimum Gasteiger partial charge on any atom is -0.391 e. The number of rotatable bonds is 4. The summed E-state index contributed by atoms with van der Waals surface area (Å²) in [6, 6.07) is 9.80. The number of likely N-dealkylation sites (tertiary alicyclic amines) is 1. The number of halogens is 2. The van der Waals surface area contributed by atoms with Gasteiger partial charge in [0.1, 0.15) is 17.7 Å². The Kier molecular flexibility index (Phi) is 5.66. The van der Waals surface area contributed by atoms with Crippen LogP contribution in [0.4, 0.5) is 19.3 Å². The first-order valence-electron chi connectivity index (χ1n) is 8.46. The van der Waals surface area contributed by atoms with Crippen LogP contribution in [0.2, 0.25) is 0 Å². The highest BCUT2D eigenvalue weighted by Gasteiger charge is 2.39. The lowest BCUT2D eigenvalue weighted by Gasteiger charge is -2.24. The Hall–Kier alpha value is -3.00. The average Bonchev–Trinajstić information content (AvgIpc) is 3.05. The topological polar surface area (TPSA) is 81.7 Å². The van der Waals surface area contributed by atoms with Crippen molar-refractivity contribution < 1.29 is 23.5 Å². The van der Waals surface area contributed by atoms with Crippen molar-refractivity contribution in [2.24, 2.45) is 0 Å². The second kappa shape index (κ2) is 8.13. The number of benzene rings is 2. The number of carbonyl (C=O) groups is 2. The summed E-state index contributed by atoms with van der Waals surface area (Å²) in [4.78, 5) is 26.1. The highest BCUT2D eigenvalue weighted by molar-refractivity contribution is 5.94. The smallest absolute Gasteiger partial charge is 0.322 e. The third-order valence-corrected chi connectivity index (χ3v) is 4.34. The van der Waals surface area contributed by atoms with Crippen molar-refractivity contribution in [2.75, 3.05) is 11.9 Å². The first-order valence-corrected chi connectivity index (χ1v) is 8.46. The molecule has 6 nitrogen and oxygen atoms in total. The van der Waals surface area contributed by atoms with Gasteiger partial charge in [0.05, 0.1) is 11.8 Å². The Morgan fingerprint density at radius 2 is 1.81 bits per heavy atom.